The molecule has 0 saturated carbocycles. The summed E-state index contributed by atoms with van der Waals surface area (Å²) in [6.07, 6.45) is 4.63. The second-order valence-corrected chi connectivity index (χ2v) is 8.65. The normalized spacial score (nSPS) is 17.2. The van der Waals surface area contributed by atoms with E-state index >= 15 is 0 Å². The Morgan fingerprint density at radius 3 is 2.69 bits per heavy atom. The van der Waals surface area contributed by atoms with Crippen molar-refractivity contribution in [2.45, 2.75) is 6.92 Å². The fraction of sp³-hybridized carbons (Fsp3) is 0.200. The quantitative estimate of drug-likeness (QED) is 0.379. The van der Waals surface area contributed by atoms with Crippen molar-refractivity contribution in [2.75, 3.05) is 25.1 Å². The number of aliphatic hydroxyl groups is 1. The Hall–Kier alpha value is -4.56. The first-order valence-electron chi connectivity index (χ1n) is 10.9. The molecule has 0 saturated heterocycles. The number of nitrogens with zero attached hydrogens (tertiary/aromatic N) is 4. The zero-order chi connectivity index (χ0) is 25.3. The van der Waals surface area contributed by atoms with Gasteiger partial charge in [-0.15, -0.1) is 0 Å². The summed E-state index contributed by atoms with van der Waals surface area (Å²) in [6, 6.07) is 9.04. The number of fused-ring (bicyclic) bond motifs is 1. The van der Waals surface area contributed by atoms with Crippen molar-refractivity contribution in [2.24, 2.45) is 10.4 Å². The highest BCUT2D eigenvalue weighted by Gasteiger charge is 2.29. The summed E-state index contributed by atoms with van der Waals surface area (Å²) >= 11 is 0. The van der Waals surface area contributed by atoms with Crippen molar-refractivity contribution >= 4 is 22.7 Å². The van der Waals surface area contributed by atoms with E-state index in [0.717, 1.165) is 12.1 Å². The van der Waals surface area contributed by atoms with Gasteiger partial charge in [-0.1, -0.05) is 6.92 Å². The van der Waals surface area contributed by atoms with Gasteiger partial charge in [0.05, 0.1) is 18.5 Å². The fourth-order valence-electron chi connectivity index (χ4n) is 3.73. The number of aromatic amines is 1. The van der Waals surface area contributed by atoms with Crippen molar-refractivity contribution < 1.29 is 23.4 Å². The van der Waals surface area contributed by atoms with Crippen LogP contribution in [0.3, 0.4) is 0 Å². The largest absolute Gasteiger partial charge is 0.464 e. The third-order valence-corrected chi connectivity index (χ3v) is 5.73. The zero-order valence-electron chi connectivity index (χ0n) is 19.0. The second-order valence-electron chi connectivity index (χ2n) is 8.65. The number of pyridine rings is 2. The van der Waals surface area contributed by atoms with Crippen molar-refractivity contribution in [3.63, 3.8) is 0 Å². The van der Waals surface area contributed by atoms with Gasteiger partial charge >= 0.3 is 0 Å². The first-order chi connectivity index (χ1) is 17.4. The van der Waals surface area contributed by atoms with Crippen LogP contribution in [0.1, 0.15) is 12.6 Å². The molecule has 4 aromatic rings. The molecule has 1 unspecified atom stereocenters. The summed E-state index contributed by atoms with van der Waals surface area (Å²) in [5.41, 5.74) is 1.55. The number of nitrogens with one attached hydrogen (secondary N) is 2. The topological polar surface area (TPSA) is 128 Å². The number of anilines is 1. The van der Waals surface area contributed by atoms with Crippen molar-refractivity contribution in [3.8, 4) is 28.7 Å². The fourth-order valence-corrected chi connectivity index (χ4v) is 3.73. The highest BCUT2D eigenvalue weighted by Crippen LogP contribution is 2.38. The molecule has 1 aliphatic rings. The van der Waals surface area contributed by atoms with Crippen molar-refractivity contribution in [1.82, 2.24) is 15.0 Å². The number of H-pyrrole nitrogens is 1. The number of benzene rings is 1. The van der Waals surface area contributed by atoms with Gasteiger partial charge < -0.3 is 24.9 Å². The number of ether oxygens (including phenoxy) is 2. The maximum Gasteiger partial charge on any atom is 0.289 e. The third-order valence-electron chi connectivity index (χ3n) is 5.73. The highest BCUT2D eigenvalue weighted by atomic mass is 19.1. The average molecular weight is 490 g/mol. The van der Waals surface area contributed by atoms with Crippen molar-refractivity contribution in [1.29, 1.82) is 5.26 Å². The number of aliphatic imine (C=N–C) groups is 1. The molecule has 0 amide bonds. The molecule has 0 fully saturated rings. The van der Waals surface area contributed by atoms with Crippen LogP contribution in [0.15, 0.2) is 53.9 Å². The molecule has 0 radical (unpaired) electrons. The van der Waals surface area contributed by atoms with E-state index in [1.54, 1.807) is 18.3 Å². The molecule has 0 bridgehead atoms. The van der Waals surface area contributed by atoms with Crippen LogP contribution in [-0.2, 0) is 4.74 Å². The Bertz CT molecular complexity index is 1510. The molecule has 1 aliphatic heterocycles. The maximum atomic E-state index is 15.0. The summed E-state index contributed by atoms with van der Waals surface area (Å²) in [5, 5.41) is 21.8. The SMILES string of the molecule is CC1(CO)CN=C(Nc2cc(F)c(Oc3ccnc4[nH]cc(-c5ccnc(C#N)c5)c34)c(F)c2)OC1. The minimum atomic E-state index is -0.938. The lowest BCUT2D eigenvalue weighted by atomic mass is 9.93. The van der Waals surface area contributed by atoms with E-state index in [4.69, 9.17) is 9.47 Å². The first-order valence-corrected chi connectivity index (χ1v) is 10.9. The molecule has 11 heteroatoms. The van der Waals surface area contributed by atoms with Crippen LogP contribution in [-0.4, -0.2) is 45.8 Å². The Labute approximate surface area is 204 Å². The highest BCUT2D eigenvalue weighted by molar-refractivity contribution is 5.98. The van der Waals surface area contributed by atoms with Crippen LogP contribution in [0, 0.1) is 28.4 Å². The Balaban J connectivity index is 1.45. The molecule has 0 spiro atoms. The zero-order valence-corrected chi connectivity index (χ0v) is 19.0. The smallest absolute Gasteiger partial charge is 0.289 e. The molecule has 182 valence electrons. The monoisotopic (exact) mass is 490 g/mol. The van der Waals surface area contributed by atoms with Crippen LogP contribution in [0.4, 0.5) is 14.5 Å². The van der Waals surface area contributed by atoms with Gasteiger partial charge in [-0.25, -0.2) is 23.7 Å². The molecular weight excluding hydrogens is 470 g/mol. The molecule has 1 atom stereocenters. The minimum absolute atomic E-state index is 0.0896. The van der Waals surface area contributed by atoms with E-state index in [-0.39, 0.29) is 36.4 Å². The van der Waals surface area contributed by atoms with Crippen LogP contribution < -0.4 is 10.1 Å². The van der Waals surface area contributed by atoms with E-state index in [0.29, 0.717) is 28.7 Å². The van der Waals surface area contributed by atoms with E-state index in [9.17, 15) is 19.1 Å². The molecule has 9 nitrogen and oxygen atoms in total. The Morgan fingerprint density at radius 2 is 2.00 bits per heavy atom. The molecule has 1 aromatic carbocycles. The van der Waals surface area contributed by atoms with Gasteiger partial charge in [0.2, 0.25) is 0 Å². The van der Waals surface area contributed by atoms with Gasteiger partial charge in [0.25, 0.3) is 6.02 Å². The van der Waals surface area contributed by atoms with E-state index in [2.05, 4.69) is 25.3 Å². The summed E-state index contributed by atoms with van der Waals surface area (Å²) in [6.45, 7) is 2.25. The number of halogens is 2. The number of nitriles is 1. The average Bonchev–Trinajstić information content (AvgIpc) is 3.33. The summed E-state index contributed by atoms with van der Waals surface area (Å²) in [4.78, 5) is 15.4. The van der Waals surface area contributed by atoms with Gasteiger partial charge in [-0.2, -0.15) is 5.26 Å². The van der Waals surface area contributed by atoms with Crippen LogP contribution in [0.25, 0.3) is 22.2 Å². The van der Waals surface area contributed by atoms with Crippen LogP contribution in [0.5, 0.6) is 11.5 Å². The van der Waals surface area contributed by atoms with E-state index in [1.807, 2.05) is 13.0 Å². The number of aliphatic hydroxyl groups excluding tert-OH is 1. The van der Waals surface area contributed by atoms with Crippen molar-refractivity contribution in [3.05, 3.63) is 66.3 Å². The summed E-state index contributed by atoms with van der Waals surface area (Å²) in [5.74, 6) is -2.29. The number of rotatable bonds is 5. The molecule has 0 aliphatic carbocycles. The molecule has 36 heavy (non-hydrogen) atoms. The number of hydrogen-bond donors (Lipinski definition) is 3. The standard InChI is InChI=1S/C25H20F2N6O3/c1-25(12-34)11-32-24(35-13-25)33-15-7-18(26)22(19(27)8-15)36-20-3-5-30-23-21(20)17(10-31-23)14-2-4-29-16(6-14)9-28/h2-8,10,34H,11-13H2,1H3,(H,30,31)(H,32,33). The summed E-state index contributed by atoms with van der Waals surface area (Å²) in [7, 11) is 0. The molecule has 5 rings (SSSR count). The molecule has 3 N–H and O–H groups in total. The van der Waals surface area contributed by atoms with Gasteiger partial charge in [0.1, 0.15) is 29.8 Å². The van der Waals surface area contributed by atoms with Crippen LogP contribution in [0.2, 0.25) is 0 Å². The lowest BCUT2D eigenvalue weighted by molar-refractivity contribution is 0.0706. The molecule has 4 heterocycles. The molecule has 3 aromatic heterocycles. The Morgan fingerprint density at radius 1 is 1.22 bits per heavy atom. The lowest BCUT2D eigenvalue weighted by Gasteiger charge is -2.30. The number of amidine groups is 1. The number of aromatic nitrogens is 3. The molecular formula is C25H20F2N6O3. The van der Waals surface area contributed by atoms with E-state index in [1.165, 1.54) is 18.5 Å². The summed E-state index contributed by atoms with van der Waals surface area (Å²) < 4.78 is 41.2. The van der Waals surface area contributed by atoms with Gasteiger partial charge in [-0.3, -0.25) is 0 Å². The predicted molar refractivity (Wildman–Crippen MR) is 128 cm³/mol. The van der Waals surface area contributed by atoms with Crippen LogP contribution >= 0.6 is 0 Å². The van der Waals surface area contributed by atoms with Gasteiger partial charge in [0.15, 0.2) is 17.4 Å². The number of hydrogen-bond acceptors (Lipinski definition) is 8. The lowest BCUT2D eigenvalue weighted by Crippen LogP contribution is -2.38. The van der Waals surface area contributed by atoms with Gasteiger partial charge in [0, 0.05) is 47.4 Å². The van der Waals surface area contributed by atoms with Gasteiger partial charge in [-0.05, 0) is 23.8 Å². The Kier molecular flexibility index (Phi) is 5.95. The first kappa shape index (κ1) is 23.2. The minimum Gasteiger partial charge on any atom is -0.464 e. The predicted octanol–water partition coefficient (Wildman–Crippen LogP) is 4.36. The maximum absolute atomic E-state index is 15.0. The second kappa shape index (κ2) is 9.24. The third kappa shape index (κ3) is 4.42. The van der Waals surface area contributed by atoms with E-state index < -0.39 is 22.8 Å².